The van der Waals surface area contributed by atoms with Crippen LogP contribution in [0.4, 0.5) is 0 Å². The smallest absolute Gasteiger partial charge is 0.0870 e. The van der Waals surface area contributed by atoms with Crippen LogP contribution in [0.3, 0.4) is 0 Å². The fourth-order valence-corrected chi connectivity index (χ4v) is 1.81. The lowest BCUT2D eigenvalue weighted by Gasteiger charge is -2.15. The molecule has 0 spiro atoms. The van der Waals surface area contributed by atoms with Crippen LogP contribution in [0, 0.1) is 0 Å². The van der Waals surface area contributed by atoms with Gasteiger partial charge >= 0.3 is 0 Å². The summed E-state index contributed by atoms with van der Waals surface area (Å²) in [6.45, 7) is 1.42. The fraction of sp³-hybridized carbons (Fsp3) is 0.333. The number of aromatic nitrogens is 1. The van der Waals surface area contributed by atoms with Gasteiger partial charge in [-0.3, -0.25) is 9.88 Å². The van der Waals surface area contributed by atoms with Gasteiger partial charge in [0.1, 0.15) is 0 Å². The molecule has 0 radical (unpaired) electrons. The number of pyridine rings is 1. The molecule has 0 aromatic carbocycles. The van der Waals surface area contributed by atoms with Crippen molar-refractivity contribution in [2.45, 2.75) is 6.54 Å². The Morgan fingerprint density at radius 3 is 2.93 bits per heavy atom. The molecule has 0 bridgehead atoms. The Bertz CT molecular complexity index is 330. The van der Waals surface area contributed by atoms with Crippen molar-refractivity contribution < 1.29 is 0 Å². The fourth-order valence-electron chi connectivity index (χ4n) is 1.18. The van der Waals surface area contributed by atoms with Gasteiger partial charge in [-0.25, -0.2) is 0 Å². The number of nitrogens with zero attached hydrogens (tertiary/aromatic N) is 2. The van der Waals surface area contributed by atoms with Gasteiger partial charge in [-0.15, -0.1) is 0 Å². The summed E-state index contributed by atoms with van der Waals surface area (Å²) in [4.78, 5) is 6.64. The molecule has 0 amide bonds. The maximum atomic E-state index is 5.44. The summed E-state index contributed by atoms with van der Waals surface area (Å²) >= 11 is 8.20. The summed E-state index contributed by atoms with van der Waals surface area (Å²) in [5.41, 5.74) is 6.58. The molecule has 0 aliphatic rings. The highest BCUT2D eigenvalue weighted by Gasteiger charge is 2.02. The molecule has 0 aliphatic carbocycles. The Morgan fingerprint density at radius 2 is 2.36 bits per heavy atom. The largest absolute Gasteiger partial charge is 0.392 e. The topological polar surface area (TPSA) is 42.1 Å². The molecular formula is C9H12BrN3S. The first-order chi connectivity index (χ1) is 6.58. The summed E-state index contributed by atoms with van der Waals surface area (Å²) in [5.74, 6) is 0. The number of hydrogen-bond acceptors (Lipinski definition) is 3. The molecule has 0 unspecified atom stereocenters. The maximum Gasteiger partial charge on any atom is 0.0870 e. The number of nitrogens with two attached hydrogens (primary N) is 1. The van der Waals surface area contributed by atoms with Crippen LogP contribution in [0.15, 0.2) is 22.9 Å². The standard InChI is InChI=1S/C9H12BrN3S/c1-13(6-9(11)14)5-7-2-8(10)4-12-3-7/h2-4H,5-6H2,1H3,(H2,11,14). The molecule has 0 aliphatic heterocycles. The van der Waals surface area contributed by atoms with E-state index in [1.807, 2.05) is 24.2 Å². The molecule has 0 saturated heterocycles. The Morgan fingerprint density at radius 1 is 1.64 bits per heavy atom. The third-order valence-electron chi connectivity index (χ3n) is 1.64. The maximum absolute atomic E-state index is 5.44. The van der Waals surface area contributed by atoms with E-state index in [9.17, 15) is 0 Å². The van der Waals surface area contributed by atoms with E-state index < -0.39 is 0 Å². The van der Waals surface area contributed by atoms with Gasteiger partial charge in [-0.05, 0) is 34.6 Å². The Hall–Kier alpha value is -0.520. The van der Waals surface area contributed by atoms with Crippen molar-refractivity contribution in [1.82, 2.24) is 9.88 Å². The molecule has 0 atom stereocenters. The monoisotopic (exact) mass is 273 g/mol. The van der Waals surface area contributed by atoms with Crippen LogP contribution < -0.4 is 5.73 Å². The first-order valence-electron chi connectivity index (χ1n) is 4.14. The summed E-state index contributed by atoms with van der Waals surface area (Å²) < 4.78 is 0.985. The predicted octanol–water partition coefficient (Wildman–Crippen LogP) is 1.56. The second-order valence-corrected chi connectivity index (χ2v) is 4.59. The minimum absolute atomic E-state index is 0.510. The third-order valence-corrected chi connectivity index (χ3v) is 2.20. The van der Waals surface area contributed by atoms with Crippen molar-refractivity contribution in [1.29, 1.82) is 0 Å². The summed E-state index contributed by atoms with van der Waals surface area (Å²) in [6.07, 6.45) is 3.60. The van der Waals surface area contributed by atoms with Gasteiger partial charge in [0.25, 0.3) is 0 Å². The van der Waals surface area contributed by atoms with E-state index in [1.165, 1.54) is 0 Å². The van der Waals surface area contributed by atoms with Crippen LogP contribution in [0.5, 0.6) is 0 Å². The van der Waals surface area contributed by atoms with E-state index in [0.29, 0.717) is 11.5 Å². The molecule has 1 aromatic rings. The molecule has 3 nitrogen and oxygen atoms in total. The summed E-state index contributed by atoms with van der Waals surface area (Å²) in [5, 5.41) is 0. The van der Waals surface area contributed by atoms with Gasteiger partial charge in [-0.1, -0.05) is 12.2 Å². The minimum Gasteiger partial charge on any atom is -0.392 e. The van der Waals surface area contributed by atoms with Crippen LogP contribution in [-0.4, -0.2) is 28.5 Å². The van der Waals surface area contributed by atoms with Crippen LogP contribution in [-0.2, 0) is 6.54 Å². The number of likely N-dealkylation sites (N-methyl/N-ethyl adjacent to an activating group) is 1. The Labute approximate surface area is 97.4 Å². The van der Waals surface area contributed by atoms with Crippen molar-refractivity contribution in [3.63, 3.8) is 0 Å². The highest BCUT2D eigenvalue weighted by atomic mass is 79.9. The van der Waals surface area contributed by atoms with E-state index in [4.69, 9.17) is 18.0 Å². The van der Waals surface area contributed by atoms with E-state index in [2.05, 4.69) is 20.9 Å². The van der Waals surface area contributed by atoms with Gasteiger partial charge in [0.05, 0.1) is 4.99 Å². The number of rotatable bonds is 4. The number of halogens is 1. The molecule has 1 rings (SSSR count). The second-order valence-electron chi connectivity index (χ2n) is 3.15. The van der Waals surface area contributed by atoms with E-state index in [1.54, 1.807) is 6.20 Å². The van der Waals surface area contributed by atoms with Crippen LogP contribution >= 0.6 is 28.1 Å². The highest BCUT2D eigenvalue weighted by molar-refractivity contribution is 9.10. The van der Waals surface area contributed by atoms with E-state index in [0.717, 1.165) is 16.6 Å². The van der Waals surface area contributed by atoms with Crippen molar-refractivity contribution in [3.8, 4) is 0 Å². The van der Waals surface area contributed by atoms with Gasteiger partial charge in [0, 0.05) is 30.0 Å². The van der Waals surface area contributed by atoms with Gasteiger partial charge < -0.3 is 5.73 Å². The van der Waals surface area contributed by atoms with Crippen LogP contribution in [0.1, 0.15) is 5.56 Å². The average Bonchev–Trinajstić information content (AvgIpc) is 2.01. The lowest BCUT2D eigenvalue weighted by Crippen LogP contribution is -2.28. The van der Waals surface area contributed by atoms with Gasteiger partial charge in [0.15, 0.2) is 0 Å². The lowest BCUT2D eigenvalue weighted by molar-refractivity contribution is 0.374. The molecular weight excluding hydrogens is 262 g/mol. The molecule has 0 saturated carbocycles. The Kier molecular flexibility index (Phi) is 4.44. The van der Waals surface area contributed by atoms with E-state index >= 15 is 0 Å². The van der Waals surface area contributed by atoms with Crippen molar-refractivity contribution in [3.05, 3.63) is 28.5 Å². The molecule has 1 heterocycles. The zero-order valence-electron chi connectivity index (χ0n) is 7.90. The Balaban J connectivity index is 2.55. The molecule has 1 aromatic heterocycles. The third kappa shape index (κ3) is 4.13. The predicted molar refractivity (Wildman–Crippen MR) is 65.1 cm³/mol. The minimum atomic E-state index is 0.510. The first kappa shape index (κ1) is 11.6. The van der Waals surface area contributed by atoms with Crippen molar-refractivity contribution >= 4 is 33.1 Å². The molecule has 0 fully saturated rings. The number of hydrogen-bond donors (Lipinski definition) is 1. The summed E-state index contributed by atoms with van der Waals surface area (Å²) in [7, 11) is 1.97. The molecule has 14 heavy (non-hydrogen) atoms. The molecule has 5 heteroatoms. The van der Waals surface area contributed by atoms with Crippen LogP contribution in [0.25, 0.3) is 0 Å². The highest BCUT2D eigenvalue weighted by Crippen LogP contribution is 2.10. The molecule has 76 valence electrons. The zero-order chi connectivity index (χ0) is 10.6. The zero-order valence-corrected chi connectivity index (χ0v) is 10.3. The van der Waals surface area contributed by atoms with Gasteiger partial charge in [-0.2, -0.15) is 0 Å². The van der Waals surface area contributed by atoms with E-state index in [-0.39, 0.29) is 0 Å². The SMILES string of the molecule is CN(CC(N)=S)Cc1cncc(Br)c1. The molecule has 2 N–H and O–H groups in total. The number of thiocarbonyl (C=S) groups is 1. The normalized spacial score (nSPS) is 10.5. The average molecular weight is 274 g/mol. The van der Waals surface area contributed by atoms with Crippen molar-refractivity contribution in [2.24, 2.45) is 5.73 Å². The van der Waals surface area contributed by atoms with Crippen LogP contribution in [0.2, 0.25) is 0 Å². The van der Waals surface area contributed by atoms with Gasteiger partial charge in [0.2, 0.25) is 0 Å². The quantitative estimate of drug-likeness (QED) is 0.846. The first-order valence-corrected chi connectivity index (χ1v) is 5.34. The van der Waals surface area contributed by atoms with Crippen molar-refractivity contribution in [2.75, 3.05) is 13.6 Å². The summed E-state index contributed by atoms with van der Waals surface area (Å²) in [6, 6.07) is 2.03. The lowest BCUT2D eigenvalue weighted by atomic mass is 10.3. The second kappa shape index (κ2) is 5.38.